The molecule has 0 fully saturated rings. The molecule has 0 aliphatic rings. The molecule has 0 N–H and O–H groups in total. The van der Waals surface area contributed by atoms with Crippen LogP contribution >= 0.6 is 0 Å². The number of allylic oxidation sites excluding steroid dienone is 2. The van der Waals surface area contributed by atoms with Gasteiger partial charge in [-0.2, -0.15) is 0 Å². The molecule has 0 aromatic heterocycles. The van der Waals surface area contributed by atoms with E-state index in [2.05, 4.69) is 39.8 Å². The predicted octanol–water partition coefficient (Wildman–Crippen LogP) is 4.90. The molecule has 0 spiro atoms. The standard InChI is InChI=1S/C14H26O/c1-13(2)9-5-7-11-15-12-8-6-10-14(3)4/h7-8,11-14H,5-6,9-10H2,1-4H3. The first kappa shape index (κ1) is 14.3. The van der Waals surface area contributed by atoms with Gasteiger partial charge in [0.25, 0.3) is 0 Å². The minimum absolute atomic E-state index is 0.774. The summed E-state index contributed by atoms with van der Waals surface area (Å²) in [4.78, 5) is 0. The monoisotopic (exact) mass is 210 g/mol. The van der Waals surface area contributed by atoms with Crippen molar-refractivity contribution < 1.29 is 4.74 Å². The summed E-state index contributed by atoms with van der Waals surface area (Å²) in [7, 11) is 0. The van der Waals surface area contributed by atoms with Crippen molar-refractivity contribution in [2.24, 2.45) is 11.8 Å². The number of ether oxygens (including phenoxy) is 1. The molecule has 0 atom stereocenters. The molecule has 0 heterocycles. The van der Waals surface area contributed by atoms with Gasteiger partial charge in [0.15, 0.2) is 0 Å². The summed E-state index contributed by atoms with van der Waals surface area (Å²) < 4.78 is 5.24. The first-order valence-corrected chi connectivity index (χ1v) is 6.08. The number of hydrogen-bond acceptors (Lipinski definition) is 1. The van der Waals surface area contributed by atoms with Gasteiger partial charge in [-0.3, -0.25) is 0 Å². The van der Waals surface area contributed by atoms with E-state index < -0.39 is 0 Å². The first-order chi connectivity index (χ1) is 7.13. The van der Waals surface area contributed by atoms with Crippen LogP contribution in [0.2, 0.25) is 0 Å². The molecule has 15 heavy (non-hydrogen) atoms. The van der Waals surface area contributed by atoms with Gasteiger partial charge in [0.2, 0.25) is 0 Å². The normalized spacial score (nSPS) is 12.4. The molecule has 0 aliphatic heterocycles. The maximum absolute atomic E-state index is 5.24. The zero-order valence-corrected chi connectivity index (χ0v) is 10.7. The van der Waals surface area contributed by atoms with Crippen molar-refractivity contribution in [3.63, 3.8) is 0 Å². The Labute approximate surface area is 95.2 Å². The molecule has 0 saturated heterocycles. The van der Waals surface area contributed by atoms with Crippen LogP contribution in [0.25, 0.3) is 0 Å². The highest BCUT2D eigenvalue weighted by Crippen LogP contribution is 2.05. The Morgan fingerprint density at radius 2 is 1.20 bits per heavy atom. The lowest BCUT2D eigenvalue weighted by molar-refractivity contribution is 0.396. The molecular formula is C14H26O. The van der Waals surface area contributed by atoms with E-state index >= 15 is 0 Å². The fourth-order valence-electron chi connectivity index (χ4n) is 1.15. The van der Waals surface area contributed by atoms with E-state index in [9.17, 15) is 0 Å². The summed E-state index contributed by atoms with van der Waals surface area (Å²) in [5.74, 6) is 1.55. The molecule has 0 saturated carbocycles. The summed E-state index contributed by atoms with van der Waals surface area (Å²) in [5, 5.41) is 0. The van der Waals surface area contributed by atoms with Gasteiger partial charge in [0, 0.05) is 0 Å². The smallest absolute Gasteiger partial charge is 0.0861 e. The zero-order chi connectivity index (χ0) is 11.5. The molecule has 1 nitrogen and oxygen atoms in total. The Hall–Kier alpha value is -0.720. The highest BCUT2D eigenvalue weighted by Gasteiger charge is 1.90. The topological polar surface area (TPSA) is 9.23 Å². The van der Waals surface area contributed by atoms with Crippen molar-refractivity contribution in [3.8, 4) is 0 Å². The highest BCUT2D eigenvalue weighted by atomic mass is 16.5. The molecule has 0 bridgehead atoms. The zero-order valence-electron chi connectivity index (χ0n) is 10.7. The lowest BCUT2D eigenvalue weighted by Gasteiger charge is -1.99. The molecule has 0 aliphatic carbocycles. The lowest BCUT2D eigenvalue weighted by Crippen LogP contribution is -1.84. The van der Waals surface area contributed by atoms with Gasteiger partial charge in [-0.15, -0.1) is 0 Å². The molecule has 0 amide bonds. The number of rotatable bonds is 8. The first-order valence-electron chi connectivity index (χ1n) is 6.08. The molecule has 0 rings (SSSR count). The van der Waals surface area contributed by atoms with Crippen molar-refractivity contribution in [2.45, 2.75) is 53.4 Å². The molecule has 0 aromatic rings. The third-order valence-electron chi connectivity index (χ3n) is 2.17. The van der Waals surface area contributed by atoms with E-state index in [0.29, 0.717) is 0 Å². The second kappa shape index (κ2) is 9.82. The van der Waals surface area contributed by atoms with Gasteiger partial charge in [-0.1, -0.05) is 27.7 Å². The summed E-state index contributed by atoms with van der Waals surface area (Å²) in [6.45, 7) is 8.95. The minimum atomic E-state index is 0.774. The van der Waals surface area contributed by atoms with Gasteiger partial charge in [-0.05, 0) is 49.7 Å². The van der Waals surface area contributed by atoms with Gasteiger partial charge >= 0.3 is 0 Å². The van der Waals surface area contributed by atoms with E-state index in [1.54, 1.807) is 12.5 Å². The molecule has 1 heteroatoms. The van der Waals surface area contributed by atoms with Crippen LogP contribution in [0.3, 0.4) is 0 Å². The van der Waals surface area contributed by atoms with Crippen LogP contribution in [-0.2, 0) is 4.74 Å². The molecular weight excluding hydrogens is 184 g/mol. The highest BCUT2D eigenvalue weighted by molar-refractivity contribution is 4.80. The van der Waals surface area contributed by atoms with E-state index in [1.165, 1.54) is 12.8 Å². The Morgan fingerprint density at radius 1 is 0.800 bits per heavy atom. The van der Waals surface area contributed by atoms with Crippen LogP contribution < -0.4 is 0 Å². The second-order valence-corrected chi connectivity index (χ2v) is 4.82. The summed E-state index contributed by atoms with van der Waals surface area (Å²) >= 11 is 0. The molecule has 0 radical (unpaired) electrons. The van der Waals surface area contributed by atoms with Gasteiger partial charge in [0.1, 0.15) is 0 Å². The van der Waals surface area contributed by atoms with Crippen LogP contribution in [-0.4, -0.2) is 0 Å². The quantitative estimate of drug-likeness (QED) is 0.518. The molecule has 0 unspecified atom stereocenters. The minimum Gasteiger partial charge on any atom is -0.473 e. The van der Waals surface area contributed by atoms with Crippen molar-refractivity contribution in [1.29, 1.82) is 0 Å². The SMILES string of the molecule is CC(C)CCC=COC=CCCC(C)C. The largest absolute Gasteiger partial charge is 0.473 e. The molecule has 0 aromatic carbocycles. The average molecular weight is 210 g/mol. The summed E-state index contributed by atoms with van der Waals surface area (Å²) in [5.41, 5.74) is 0. The van der Waals surface area contributed by atoms with Crippen LogP contribution in [0, 0.1) is 11.8 Å². The fraction of sp³-hybridized carbons (Fsp3) is 0.714. The predicted molar refractivity (Wildman–Crippen MR) is 67.5 cm³/mol. The Kier molecular flexibility index (Phi) is 9.35. The second-order valence-electron chi connectivity index (χ2n) is 4.82. The van der Waals surface area contributed by atoms with E-state index in [4.69, 9.17) is 4.74 Å². The number of hydrogen-bond donors (Lipinski definition) is 0. The van der Waals surface area contributed by atoms with Gasteiger partial charge in [0.05, 0.1) is 12.5 Å². The Morgan fingerprint density at radius 3 is 1.53 bits per heavy atom. The summed E-state index contributed by atoms with van der Waals surface area (Å²) in [6, 6.07) is 0. The van der Waals surface area contributed by atoms with Crippen LogP contribution in [0.1, 0.15) is 53.4 Å². The Bertz CT molecular complexity index is 158. The van der Waals surface area contributed by atoms with Crippen LogP contribution in [0.15, 0.2) is 24.7 Å². The maximum Gasteiger partial charge on any atom is 0.0861 e. The van der Waals surface area contributed by atoms with E-state index in [-0.39, 0.29) is 0 Å². The lowest BCUT2D eigenvalue weighted by atomic mass is 10.1. The van der Waals surface area contributed by atoms with E-state index in [1.807, 2.05) is 0 Å². The van der Waals surface area contributed by atoms with Crippen molar-refractivity contribution in [3.05, 3.63) is 24.7 Å². The third kappa shape index (κ3) is 13.3. The Balaban J connectivity index is 3.28. The van der Waals surface area contributed by atoms with E-state index in [0.717, 1.165) is 24.7 Å². The van der Waals surface area contributed by atoms with Crippen molar-refractivity contribution in [2.75, 3.05) is 0 Å². The van der Waals surface area contributed by atoms with Crippen molar-refractivity contribution in [1.82, 2.24) is 0 Å². The van der Waals surface area contributed by atoms with Crippen LogP contribution in [0.5, 0.6) is 0 Å². The van der Waals surface area contributed by atoms with Gasteiger partial charge < -0.3 is 4.74 Å². The molecule has 88 valence electrons. The summed E-state index contributed by atoms with van der Waals surface area (Å²) in [6.07, 6.45) is 12.4. The fourth-order valence-corrected chi connectivity index (χ4v) is 1.15. The maximum atomic E-state index is 5.24. The third-order valence-corrected chi connectivity index (χ3v) is 2.17. The van der Waals surface area contributed by atoms with Crippen LogP contribution in [0.4, 0.5) is 0 Å². The van der Waals surface area contributed by atoms with Gasteiger partial charge in [-0.25, -0.2) is 0 Å². The van der Waals surface area contributed by atoms with Crippen molar-refractivity contribution >= 4 is 0 Å². The average Bonchev–Trinajstić information content (AvgIpc) is 2.14.